The summed E-state index contributed by atoms with van der Waals surface area (Å²) in [7, 11) is 3.38. The fourth-order valence-electron chi connectivity index (χ4n) is 2.41. The first-order chi connectivity index (χ1) is 8.95. The lowest BCUT2D eigenvalue weighted by Gasteiger charge is -2.26. The summed E-state index contributed by atoms with van der Waals surface area (Å²) in [4.78, 5) is 4.48. The van der Waals surface area contributed by atoms with Gasteiger partial charge in [-0.1, -0.05) is 25.9 Å². The van der Waals surface area contributed by atoms with Crippen LogP contribution in [0.5, 0.6) is 0 Å². The van der Waals surface area contributed by atoms with Crippen LogP contribution >= 0.6 is 0 Å². The molecule has 3 atom stereocenters. The van der Waals surface area contributed by atoms with Crippen LogP contribution in [0, 0.1) is 5.41 Å². The third-order valence-electron chi connectivity index (χ3n) is 3.44. The van der Waals surface area contributed by atoms with Gasteiger partial charge in [-0.25, -0.2) is 0 Å². The average Bonchev–Trinajstić information content (AvgIpc) is 2.95. The van der Waals surface area contributed by atoms with E-state index in [9.17, 15) is 0 Å². The van der Waals surface area contributed by atoms with Crippen LogP contribution in [0.15, 0.2) is 4.52 Å². The molecule has 1 aromatic rings. The van der Waals surface area contributed by atoms with Crippen molar-refractivity contribution in [1.82, 2.24) is 15.5 Å². The molecule has 1 N–H and O–H groups in total. The molecule has 19 heavy (non-hydrogen) atoms. The second kappa shape index (κ2) is 5.56. The Morgan fingerprint density at radius 3 is 2.63 bits per heavy atom. The number of aromatic nitrogens is 2. The van der Waals surface area contributed by atoms with Crippen LogP contribution in [0.4, 0.5) is 0 Å². The van der Waals surface area contributed by atoms with Crippen molar-refractivity contribution < 1.29 is 14.0 Å². The standard InChI is InChI=1S/C13H23N3O3/c1-13(2,3)10(18-5)11-15-12(19-16-11)9-6-8(17-4)7-14-9/h8-10,14H,6-7H2,1-5H3/t8-,9+,10?/m0/s1. The minimum atomic E-state index is -0.176. The van der Waals surface area contributed by atoms with E-state index < -0.39 is 0 Å². The highest BCUT2D eigenvalue weighted by molar-refractivity contribution is 5.01. The van der Waals surface area contributed by atoms with Crippen LogP contribution in [0.1, 0.15) is 51.1 Å². The van der Waals surface area contributed by atoms with E-state index in [-0.39, 0.29) is 23.7 Å². The van der Waals surface area contributed by atoms with Crippen LogP contribution in [0.2, 0.25) is 0 Å². The van der Waals surface area contributed by atoms with E-state index in [1.54, 1.807) is 14.2 Å². The van der Waals surface area contributed by atoms with Crippen molar-refractivity contribution in [3.63, 3.8) is 0 Å². The van der Waals surface area contributed by atoms with Crippen LogP contribution < -0.4 is 5.32 Å². The molecule has 6 heteroatoms. The van der Waals surface area contributed by atoms with Gasteiger partial charge in [0.1, 0.15) is 6.10 Å². The van der Waals surface area contributed by atoms with E-state index in [1.165, 1.54) is 0 Å². The molecule has 1 aliphatic rings. The number of ether oxygens (including phenoxy) is 2. The second-order valence-corrected chi connectivity index (χ2v) is 6.03. The molecular formula is C13H23N3O3. The van der Waals surface area contributed by atoms with Gasteiger partial charge in [-0.15, -0.1) is 0 Å². The Labute approximate surface area is 113 Å². The number of methoxy groups -OCH3 is 2. The molecule has 1 fully saturated rings. The minimum Gasteiger partial charge on any atom is -0.380 e. The number of nitrogens with one attached hydrogen (secondary N) is 1. The summed E-state index contributed by atoms with van der Waals surface area (Å²) in [6, 6.07) is 0.0728. The fourth-order valence-corrected chi connectivity index (χ4v) is 2.41. The first kappa shape index (κ1) is 14.4. The molecule has 0 radical (unpaired) electrons. The van der Waals surface area contributed by atoms with Crippen molar-refractivity contribution in [2.24, 2.45) is 5.41 Å². The van der Waals surface area contributed by atoms with Crippen LogP contribution in [0.25, 0.3) is 0 Å². The molecule has 1 saturated heterocycles. The molecule has 0 bridgehead atoms. The Hall–Kier alpha value is -0.980. The largest absolute Gasteiger partial charge is 0.380 e. The van der Waals surface area contributed by atoms with Gasteiger partial charge in [-0.2, -0.15) is 4.98 Å². The zero-order valence-electron chi connectivity index (χ0n) is 12.3. The number of nitrogens with zero attached hydrogens (tertiary/aromatic N) is 2. The molecule has 1 aliphatic heterocycles. The summed E-state index contributed by atoms with van der Waals surface area (Å²) in [6.07, 6.45) is 0.886. The molecule has 2 heterocycles. The summed E-state index contributed by atoms with van der Waals surface area (Å²) in [5, 5.41) is 7.38. The number of hydrogen-bond acceptors (Lipinski definition) is 6. The molecular weight excluding hydrogens is 246 g/mol. The first-order valence-electron chi connectivity index (χ1n) is 6.58. The minimum absolute atomic E-state index is 0.0728. The van der Waals surface area contributed by atoms with Crippen molar-refractivity contribution >= 4 is 0 Å². The molecule has 0 aromatic carbocycles. The van der Waals surface area contributed by atoms with Crippen molar-refractivity contribution in [2.45, 2.75) is 45.4 Å². The SMILES string of the molecule is COC(c1noc([C@H]2C[C@H](OC)CN2)n1)C(C)(C)C. The van der Waals surface area contributed by atoms with E-state index in [2.05, 4.69) is 36.2 Å². The summed E-state index contributed by atoms with van der Waals surface area (Å²) in [5.74, 6) is 1.22. The van der Waals surface area contributed by atoms with Gasteiger partial charge in [0, 0.05) is 20.8 Å². The predicted octanol–water partition coefficient (Wildman–Crippen LogP) is 1.85. The van der Waals surface area contributed by atoms with Crippen LogP contribution in [-0.2, 0) is 9.47 Å². The quantitative estimate of drug-likeness (QED) is 0.899. The van der Waals surface area contributed by atoms with Gasteiger partial charge in [-0.05, 0) is 11.8 Å². The lowest BCUT2D eigenvalue weighted by molar-refractivity contribution is 0.00718. The fraction of sp³-hybridized carbons (Fsp3) is 0.846. The maximum atomic E-state index is 5.49. The third kappa shape index (κ3) is 3.13. The maximum absolute atomic E-state index is 5.49. The lowest BCUT2D eigenvalue weighted by Crippen LogP contribution is -2.21. The Balaban J connectivity index is 2.11. The molecule has 6 nitrogen and oxygen atoms in total. The highest BCUT2D eigenvalue weighted by Crippen LogP contribution is 2.34. The molecule has 1 aromatic heterocycles. The van der Waals surface area contributed by atoms with E-state index in [0.29, 0.717) is 11.7 Å². The Morgan fingerprint density at radius 1 is 1.37 bits per heavy atom. The van der Waals surface area contributed by atoms with E-state index >= 15 is 0 Å². The molecule has 1 unspecified atom stereocenters. The van der Waals surface area contributed by atoms with Crippen LogP contribution in [0.3, 0.4) is 0 Å². The smallest absolute Gasteiger partial charge is 0.243 e. The molecule has 0 spiro atoms. The van der Waals surface area contributed by atoms with Gasteiger partial charge in [0.15, 0.2) is 0 Å². The highest BCUT2D eigenvalue weighted by Gasteiger charge is 2.34. The number of rotatable bonds is 4. The molecule has 2 rings (SSSR count). The Morgan fingerprint density at radius 2 is 2.11 bits per heavy atom. The van der Waals surface area contributed by atoms with Gasteiger partial charge in [-0.3, -0.25) is 0 Å². The third-order valence-corrected chi connectivity index (χ3v) is 3.44. The van der Waals surface area contributed by atoms with Gasteiger partial charge in [0.25, 0.3) is 0 Å². The molecule has 0 amide bonds. The van der Waals surface area contributed by atoms with Crippen molar-refractivity contribution in [2.75, 3.05) is 20.8 Å². The van der Waals surface area contributed by atoms with E-state index in [1.807, 2.05) is 0 Å². The summed E-state index contributed by atoms with van der Waals surface area (Å²) < 4.78 is 16.2. The van der Waals surface area contributed by atoms with Crippen molar-refractivity contribution in [3.05, 3.63) is 11.7 Å². The average molecular weight is 269 g/mol. The van der Waals surface area contributed by atoms with E-state index in [4.69, 9.17) is 14.0 Å². The van der Waals surface area contributed by atoms with Gasteiger partial charge < -0.3 is 19.3 Å². The Kier molecular flexibility index (Phi) is 4.23. The normalized spacial score (nSPS) is 25.7. The molecule has 0 aliphatic carbocycles. The van der Waals surface area contributed by atoms with Gasteiger partial charge in [0.2, 0.25) is 11.7 Å². The summed E-state index contributed by atoms with van der Waals surface area (Å²) in [5.41, 5.74) is -0.0753. The van der Waals surface area contributed by atoms with Gasteiger partial charge in [0.05, 0.1) is 12.1 Å². The maximum Gasteiger partial charge on any atom is 0.243 e. The monoisotopic (exact) mass is 269 g/mol. The molecule has 0 saturated carbocycles. The summed E-state index contributed by atoms with van der Waals surface area (Å²) >= 11 is 0. The highest BCUT2D eigenvalue weighted by atomic mass is 16.5. The molecule has 108 valence electrons. The number of hydrogen-bond donors (Lipinski definition) is 1. The first-order valence-corrected chi connectivity index (χ1v) is 6.58. The van der Waals surface area contributed by atoms with E-state index in [0.717, 1.165) is 13.0 Å². The second-order valence-electron chi connectivity index (χ2n) is 6.03. The van der Waals surface area contributed by atoms with Crippen molar-refractivity contribution in [3.8, 4) is 0 Å². The Bertz CT molecular complexity index is 414. The summed E-state index contributed by atoms with van der Waals surface area (Å²) in [6.45, 7) is 7.08. The lowest BCUT2D eigenvalue weighted by atomic mass is 9.88. The topological polar surface area (TPSA) is 69.4 Å². The zero-order chi connectivity index (χ0) is 14.0. The predicted molar refractivity (Wildman–Crippen MR) is 69.7 cm³/mol. The van der Waals surface area contributed by atoms with Gasteiger partial charge >= 0.3 is 0 Å². The zero-order valence-corrected chi connectivity index (χ0v) is 12.3. The van der Waals surface area contributed by atoms with Crippen molar-refractivity contribution in [1.29, 1.82) is 0 Å². The van der Waals surface area contributed by atoms with Crippen LogP contribution in [-0.4, -0.2) is 37.0 Å².